The number of nitrogens with two attached hydrogens (primary N) is 1. The van der Waals surface area contributed by atoms with E-state index < -0.39 is 0 Å². The van der Waals surface area contributed by atoms with Crippen molar-refractivity contribution >= 4 is 28.8 Å². The Kier molecular flexibility index (Phi) is 4.23. The van der Waals surface area contributed by atoms with Gasteiger partial charge in [-0.05, 0) is 23.6 Å². The second-order valence-corrected chi connectivity index (χ2v) is 5.14. The predicted molar refractivity (Wildman–Crippen MR) is 76.0 cm³/mol. The van der Waals surface area contributed by atoms with Gasteiger partial charge in [-0.25, -0.2) is 0 Å². The van der Waals surface area contributed by atoms with Crippen LogP contribution in [0.15, 0.2) is 35.7 Å². The topological polar surface area (TPSA) is 59.1 Å². The van der Waals surface area contributed by atoms with Crippen LogP contribution >= 0.6 is 22.9 Å². The van der Waals surface area contributed by atoms with E-state index in [9.17, 15) is 0 Å². The van der Waals surface area contributed by atoms with Crippen molar-refractivity contribution in [2.45, 2.75) is 6.42 Å². The quantitative estimate of drug-likeness (QED) is 0.652. The zero-order valence-electron chi connectivity index (χ0n) is 9.65. The summed E-state index contributed by atoms with van der Waals surface area (Å²) < 4.78 is 5.65. The summed E-state index contributed by atoms with van der Waals surface area (Å²) in [6.45, 7) is 0.543. The number of halogens is 1. The summed E-state index contributed by atoms with van der Waals surface area (Å²) in [6.07, 6.45) is 0.835. The van der Waals surface area contributed by atoms with E-state index in [1.165, 1.54) is 4.88 Å². The molecule has 5 heteroatoms. The van der Waals surface area contributed by atoms with Crippen molar-refractivity contribution in [1.29, 1.82) is 5.41 Å². The summed E-state index contributed by atoms with van der Waals surface area (Å²) in [5.74, 6) is 0.485. The molecule has 0 atom stereocenters. The second-order valence-electron chi connectivity index (χ2n) is 3.70. The third-order valence-corrected chi connectivity index (χ3v) is 3.68. The van der Waals surface area contributed by atoms with Gasteiger partial charge in [0, 0.05) is 11.3 Å². The molecule has 1 aromatic heterocycles. The molecule has 0 radical (unpaired) electrons. The van der Waals surface area contributed by atoms with Gasteiger partial charge in [0.1, 0.15) is 11.6 Å². The SMILES string of the molecule is N=C(N)c1c(Cl)cccc1OCCc1cccs1. The average molecular weight is 281 g/mol. The van der Waals surface area contributed by atoms with Crippen molar-refractivity contribution < 1.29 is 4.74 Å². The fourth-order valence-corrected chi connectivity index (χ4v) is 2.56. The molecule has 3 nitrogen and oxygen atoms in total. The Bertz CT molecular complexity index is 540. The summed E-state index contributed by atoms with van der Waals surface area (Å²) in [6, 6.07) is 9.34. The first kappa shape index (κ1) is 12.9. The molecule has 3 N–H and O–H groups in total. The monoisotopic (exact) mass is 280 g/mol. The fourth-order valence-electron chi connectivity index (χ4n) is 1.60. The van der Waals surface area contributed by atoms with E-state index in [1.807, 2.05) is 11.4 Å². The van der Waals surface area contributed by atoms with Crippen LogP contribution in [0.3, 0.4) is 0 Å². The summed E-state index contributed by atoms with van der Waals surface area (Å²) in [4.78, 5) is 1.27. The zero-order valence-corrected chi connectivity index (χ0v) is 11.2. The average Bonchev–Trinajstić information content (AvgIpc) is 2.81. The molecule has 0 aliphatic carbocycles. The maximum absolute atomic E-state index is 7.51. The van der Waals surface area contributed by atoms with E-state index >= 15 is 0 Å². The Labute approximate surface area is 115 Å². The molecular formula is C13H13ClN2OS. The van der Waals surface area contributed by atoms with Crippen molar-refractivity contribution in [2.75, 3.05) is 6.61 Å². The number of benzene rings is 1. The second kappa shape index (κ2) is 5.89. The van der Waals surface area contributed by atoms with Crippen LogP contribution < -0.4 is 10.5 Å². The minimum atomic E-state index is -0.0771. The van der Waals surface area contributed by atoms with Gasteiger partial charge in [0.15, 0.2) is 0 Å². The van der Waals surface area contributed by atoms with Gasteiger partial charge in [-0.1, -0.05) is 23.7 Å². The maximum atomic E-state index is 7.51. The molecule has 18 heavy (non-hydrogen) atoms. The van der Waals surface area contributed by atoms with Crippen molar-refractivity contribution in [1.82, 2.24) is 0 Å². The summed E-state index contributed by atoms with van der Waals surface area (Å²) in [5, 5.41) is 9.99. The maximum Gasteiger partial charge on any atom is 0.131 e. The molecule has 0 bridgehead atoms. The molecule has 0 unspecified atom stereocenters. The molecule has 0 spiro atoms. The largest absolute Gasteiger partial charge is 0.492 e. The van der Waals surface area contributed by atoms with Crippen LogP contribution in [0.4, 0.5) is 0 Å². The van der Waals surface area contributed by atoms with Gasteiger partial charge >= 0.3 is 0 Å². The van der Waals surface area contributed by atoms with Gasteiger partial charge in [0.05, 0.1) is 17.2 Å². The van der Waals surface area contributed by atoms with Crippen LogP contribution in [0, 0.1) is 5.41 Å². The lowest BCUT2D eigenvalue weighted by molar-refractivity contribution is 0.322. The molecule has 2 rings (SSSR count). The van der Waals surface area contributed by atoms with Gasteiger partial charge < -0.3 is 10.5 Å². The highest BCUT2D eigenvalue weighted by molar-refractivity contribution is 7.09. The molecule has 0 amide bonds. The summed E-state index contributed by atoms with van der Waals surface area (Å²) >= 11 is 7.70. The normalized spacial score (nSPS) is 10.3. The highest BCUT2D eigenvalue weighted by Gasteiger charge is 2.10. The lowest BCUT2D eigenvalue weighted by Gasteiger charge is -2.11. The van der Waals surface area contributed by atoms with Gasteiger partial charge in [0.25, 0.3) is 0 Å². The van der Waals surface area contributed by atoms with E-state index in [0.29, 0.717) is 22.9 Å². The molecule has 1 aromatic carbocycles. The van der Waals surface area contributed by atoms with Crippen LogP contribution in [0.1, 0.15) is 10.4 Å². The molecule has 1 heterocycles. The molecule has 0 fully saturated rings. The number of nitrogen functional groups attached to an aromatic ring is 1. The molecule has 94 valence electrons. The smallest absolute Gasteiger partial charge is 0.131 e. The minimum Gasteiger partial charge on any atom is -0.492 e. The van der Waals surface area contributed by atoms with Crippen molar-refractivity contribution in [3.8, 4) is 5.75 Å². The Morgan fingerprint density at radius 2 is 2.17 bits per heavy atom. The van der Waals surface area contributed by atoms with E-state index in [1.54, 1.807) is 29.5 Å². The highest BCUT2D eigenvalue weighted by Crippen LogP contribution is 2.26. The van der Waals surface area contributed by atoms with Crippen LogP contribution in [0.5, 0.6) is 5.75 Å². The van der Waals surface area contributed by atoms with Crippen LogP contribution in [0.2, 0.25) is 5.02 Å². The first-order chi connectivity index (χ1) is 8.68. The number of ether oxygens (including phenoxy) is 1. The number of rotatable bonds is 5. The Morgan fingerprint density at radius 3 is 2.83 bits per heavy atom. The number of amidine groups is 1. The van der Waals surface area contributed by atoms with Gasteiger partial charge in [-0.15, -0.1) is 11.3 Å². The first-order valence-corrected chi connectivity index (χ1v) is 6.72. The number of hydrogen-bond acceptors (Lipinski definition) is 3. The van der Waals surface area contributed by atoms with Gasteiger partial charge in [0.2, 0.25) is 0 Å². The lowest BCUT2D eigenvalue weighted by Crippen LogP contribution is -2.14. The Morgan fingerprint density at radius 1 is 1.33 bits per heavy atom. The predicted octanol–water partition coefficient (Wildman–Crippen LogP) is 3.31. The van der Waals surface area contributed by atoms with Crippen LogP contribution in [-0.4, -0.2) is 12.4 Å². The highest BCUT2D eigenvalue weighted by atomic mass is 35.5. The molecule has 0 saturated carbocycles. The van der Waals surface area contributed by atoms with E-state index in [4.69, 9.17) is 27.5 Å². The van der Waals surface area contributed by atoms with Crippen molar-refractivity contribution in [3.05, 3.63) is 51.2 Å². The van der Waals surface area contributed by atoms with Crippen LogP contribution in [-0.2, 0) is 6.42 Å². The summed E-state index contributed by atoms with van der Waals surface area (Å²) in [7, 11) is 0. The standard InChI is InChI=1S/C13H13ClN2OS/c14-10-4-1-5-11(12(10)13(15)16)17-7-6-9-3-2-8-18-9/h1-5,8H,6-7H2,(H3,15,16). The number of hydrogen-bond donors (Lipinski definition) is 2. The fraction of sp³-hybridized carbons (Fsp3) is 0.154. The lowest BCUT2D eigenvalue weighted by atomic mass is 10.2. The minimum absolute atomic E-state index is 0.0771. The van der Waals surface area contributed by atoms with Crippen molar-refractivity contribution in [2.24, 2.45) is 5.73 Å². The van der Waals surface area contributed by atoms with Crippen LogP contribution in [0.25, 0.3) is 0 Å². The Hall–Kier alpha value is -1.52. The van der Waals surface area contributed by atoms with E-state index in [-0.39, 0.29) is 5.84 Å². The number of thiophene rings is 1. The Balaban J connectivity index is 2.05. The number of nitrogens with one attached hydrogen (secondary N) is 1. The zero-order chi connectivity index (χ0) is 13.0. The van der Waals surface area contributed by atoms with Gasteiger partial charge in [-0.3, -0.25) is 5.41 Å². The van der Waals surface area contributed by atoms with E-state index in [2.05, 4.69) is 6.07 Å². The third kappa shape index (κ3) is 3.03. The molecule has 0 aliphatic heterocycles. The molecule has 0 aliphatic rings. The van der Waals surface area contributed by atoms with Gasteiger partial charge in [-0.2, -0.15) is 0 Å². The summed E-state index contributed by atoms with van der Waals surface area (Å²) in [5.41, 5.74) is 5.97. The molecule has 0 saturated heterocycles. The first-order valence-electron chi connectivity index (χ1n) is 5.46. The van der Waals surface area contributed by atoms with Crippen molar-refractivity contribution in [3.63, 3.8) is 0 Å². The molecular weight excluding hydrogens is 268 g/mol. The molecule has 2 aromatic rings. The third-order valence-electron chi connectivity index (χ3n) is 2.43. The van der Waals surface area contributed by atoms with E-state index in [0.717, 1.165) is 6.42 Å².